The second-order valence-corrected chi connectivity index (χ2v) is 5.88. The van der Waals surface area contributed by atoms with Crippen LogP contribution in [-0.4, -0.2) is 19.4 Å². The Balaban J connectivity index is 0.000000197. The highest BCUT2D eigenvalue weighted by molar-refractivity contribution is 5.97. The van der Waals surface area contributed by atoms with E-state index in [1.54, 1.807) is 0 Å². The van der Waals surface area contributed by atoms with Crippen LogP contribution in [0.25, 0.3) is 10.8 Å². The average molecular weight is 349 g/mol. The van der Waals surface area contributed by atoms with Gasteiger partial charge in [-0.25, -0.2) is 11.4 Å². The number of aryl methyl sites for hydroxylation is 1. The minimum Gasteiger partial charge on any atom is -0.382 e. The van der Waals surface area contributed by atoms with Crippen LogP contribution < -0.4 is 22.4 Å². The van der Waals surface area contributed by atoms with Gasteiger partial charge in [-0.3, -0.25) is 0 Å². The van der Waals surface area contributed by atoms with Gasteiger partial charge in [0.15, 0.2) is 5.84 Å². The van der Waals surface area contributed by atoms with Crippen molar-refractivity contribution >= 4 is 16.6 Å². The number of hydrazine groups is 1. The van der Waals surface area contributed by atoms with E-state index in [0.29, 0.717) is 5.84 Å². The largest absolute Gasteiger partial charge is 0.382 e. The minimum absolute atomic E-state index is 0.383. The van der Waals surface area contributed by atoms with Crippen LogP contribution in [0.3, 0.4) is 0 Å². The van der Waals surface area contributed by atoms with Crippen molar-refractivity contribution in [1.82, 2.24) is 10.9 Å². The van der Waals surface area contributed by atoms with E-state index in [1.807, 2.05) is 37.4 Å². The molecule has 0 aliphatic rings. The highest BCUT2D eigenvalue weighted by Crippen LogP contribution is 2.16. The van der Waals surface area contributed by atoms with E-state index in [9.17, 15) is 0 Å². The Kier molecular flexibility index (Phi) is 8.12. The molecule has 3 aromatic carbocycles. The molecule has 26 heavy (non-hydrogen) atoms. The number of benzene rings is 3. The molecular formula is C21H27N5. The number of nitrogens with zero attached hydrogens (tertiary/aromatic N) is 1. The molecule has 0 aromatic heterocycles. The molecule has 3 aromatic rings. The van der Waals surface area contributed by atoms with Crippen LogP contribution in [0, 0.1) is 0 Å². The van der Waals surface area contributed by atoms with Crippen LogP contribution in [0.1, 0.15) is 17.5 Å². The van der Waals surface area contributed by atoms with Crippen molar-refractivity contribution in [2.24, 2.45) is 16.7 Å². The van der Waals surface area contributed by atoms with Gasteiger partial charge in [0, 0.05) is 5.56 Å². The molecule has 0 heterocycles. The maximum absolute atomic E-state index is 5.51. The molecule has 0 saturated carbocycles. The van der Waals surface area contributed by atoms with Crippen LogP contribution >= 0.6 is 0 Å². The summed E-state index contributed by atoms with van der Waals surface area (Å²) in [6, 6.07) is 24.7. The van der Waals surface area contributed by atoms with Gasteiger partial charge in [-0.2, -0.15) is 0 Å². The first-order chi connectivity index (χ1) is 12.7. The molecule has 6 N–H and O–H groups in total. The minimum atomic E-state index is 0.383. The molecule has 0 radical (unpaired) electrons. The van der Waals surface area contributed by atoms with E-state index in [4.69, 9.17) is 11.6 Å². The summed E-state index contributed by atoms with van der Waals surface area (Å²) < 4.78 is 0. The number of hydrazone groups is 1. The van der Waals surface area contributed by atoms with Crippen LogP contribution in [0.2, 0.25) is 0 Å². The topological polar surface area (TPSA) is 88.5 Å². The van der Waals surface area contributed by atoms with Crippen molar-refractivity contribution in [3.05, 3.63) is 83.9 Å². The lowest BCUT2D eigenvalue weighted by molar-refractivity contribution is 0.725. The van der Waals surface area contributed by atoms with E-state index in [0.717, 1.165) is 18.5 Å². The molecule has 3 rings (SSSR count). The first-order valence-corrected chi connectivity index (χ1v) is 8.71. The predicted octanol–water partition coefficient (Wildman–Crippen LogP) is 2.76. The molecule has 0 aliphatic carbocycles. The zero-order chi connectivity index (χ0) is 18.6. The zero-order valence-electron chi connectivity index (χ0n) is 15.2. The summed E-state index contributed by atoms with van der Waals surface area (Å²) in [4.78, 5) is 0. The number of amidine groups is 1. The first-order valence-electron chi connectivity index (χ1n) is 8.71. The van der Waals surface area contributed by atoms with E-state index in [2.05, 4.69) is 58.4 Å². The maximum atomic E-state index is 5.51. The Bertz CT molecular complexity index is 815. The molecule has 0 aliphatic heterocycles. The van der Waals surface area contributed by atoms with Crippen molar-refractivity contribution < 1.29 is 0 Å². The fraction of sp³-hybridized carbons (Fsp3) is 0.190. The molecular weight excluding hydrogens is 322 g/mol. The predicted molar refractivity (Wildman–Crippen MR) is 111 cm³/mol. The Morgan fingerprint density at radius 3 is 2.31 bits per heavy atom. The van der Waals surface area contributed by atoms with E-state index < -0.39 is 0 Å². The van der Waals surface area contributed by atoms with Gasteiger partial charge < -0.3 is 11.1 Å². The summed E-state index contributed by atoms with van der Waals surface area (Å²) in [5.74, 6) is 5.33. The van der Waals surface area contributed by atoms with Crippen molar-refractivity contribution in [1.29, 1.82) is 0 Å². The van der Waals surface area contributed by atoms with Gasteiger partial charge in [-0.05, 0) is 42.8 Å². The Morgan fingerprint density at radius 2 is 1.62 bits per heavy atom. The Labute approximate surface area is 155 Å². The first kappa shape index (κ1) is 19.4. The number of fused-ring (bicyclic) bond motifs is 1. The van der Waals surface area contributed by atoms with Gasteiger partial charge in [0.1, 0.15) is 0 Å². The van der Waals surface area contributed by atoms with Gasteiger partial charge in [0.25, 0.3) is 0 Å². The van der Waals surface area contributed by atoms with Gasteiger partial charge in [0.05, 0.1) is 0 Å². The highest BCUT2D eigenvalue weighted by Gasteiger charge is 1.96. The van der Waals surface area contributed by atoms with Crippen LogP contribution in [0.5, 0.6) is 0 Å². The quantitative estimate of drug-likeness (QED) is 0.181. The summed E-state index contributed by atoms with van der Waals surface area (Å²) in [6.07, 6.45) is 2.36. The SMILES string of the molecule is CNCCCc1ccc2ccccc2c1.NN/N=C(\N)c1ccccc1. The standard InChI is InChI=1S/C14H17N.C7H10N4/c1-15-10-4-5-12-8-9-13-6-2-3-7-14(13)11-12;8-7(10-11-9)6-4-2-1-3-5-6/h2-3,6-9,11,15H,4-5,10H2,1H3;1-5,11H,9H2,(H2,8,10). The number of hydrogen-bond acceptors (Lipinski definition) is 4. The lowest BCUT2D eigenvalue weighted by atomic mass is 10.0. The molecule has 0 spiro atoms. The number of nitrogens with one attached hydrogen (secondary N) is 2. The molecule has 5 heteroatoms. The molecule has 136 valence electrons. The Morgan fingerprint density at radius 1 is 0.923 bits per heavy atom. The fourth-order valence-electron chi connectivity index (χ4n) is 2.61. The van der Waals surface area contributed by atoms with Gasteiger partial charge in [-0.15, -0.1) is 5.10 Å². The molecule has 5 nitrogen and oxygen atoms in total. The summed E-state index contributed by atoms with van der Waals surface area (Å²) in [6.45, 7) is 1.09. The van der Waals surface area contributed by atoms with Crippen molar-refractivity contribution in [3.8, 4) is 0 Å². The van der Waals surface area contributed by atoms with E-state index in [1.165, 1.54) is 22.8 Å². The summed E-state index contributed by atoms with van der Waals surface area (Å²) >= 11 is 0. The third kappa shape index (κ3) is 6.20. The molecule has 0 saturated heterocycles. The monoisotopic (exact) mass is 349 g/mol. The number of nitrogens with two attached hydrogens (primary N) is 2. The summed E-state index contributed by atoms with van der Waals surface area (Å²) in [5.41, 5.74) is 9.93. The third-order valence-corrected chi connectivity index (χ3v) is 3.96. The van der Waals surface area contributed by atoms with E-state index in [-0.39, 0.29) is 0 Å². The number of hydrogen-bond donors (Lipinski definition) is 4. The second kappa shape index (κ2) is 10.9. The van der Waals surface area contributed by atoms with Crippen LogP contribution in [0.15, 0.2) is 77.9 Å². The lowest BCUT2D eigenvalue weighted by Gasteiger charge is -2.03. The molecule has 0 amide bonds. The summed E-state index contributed by atoms with van der Waals surface area (Å²) in [7, 11) is 2.00. The zero-order valence-corrected chi connectivity index (χ0v) is 15.2. The van der Waals surface area contributed by atoms with Gasteiger partial charge in [0.2, 0.25) is 0 Å². The fourth-order valence-corrected chi connectivity index (χ4v) is 2.61. The lowest BCUT2D eigenvalue weighted by Crippen LogP contribution is -2.22. The average Bonchev–Trinajstić information content (AvgIpc) is 2.69. The molecule has 0 atom stereocenters. The maximum Gasteiger partial charge on any atom is 0.152 e. The molecule has 0 unspecified atom stereocenters. The Hall–Kier alpha value is -2.89. The van der Waals surface area contributed by atoms with Crippen molar-refractivity contribution in [2.45, 2.75) is 12.8 Å². The van der Waals surface area contributed by atoms with Crippen molar-refractivity contribution in [2.75, 3.05) is 13.6 Å². The smallest absolute Gasteiger partial charge is 0.152 e. The van der Waals surface area contributed by atoms with E-state index >= 15 is 0 Å². The molecule has 0 bridgehead atoms. The third-order valence-electron chi connectivity index (χ3n) is 3.96. The van der Waals surface area contributed by atoms with Crippen LogP contribution in [-0.2, 0) is 6.42 Å². The molecule has 0 fully saturated rings. The van der Waals surface area contributed by atoms with Gasteiger partial charge >= 0.3 is 0 Å². The highest BCUT2D eigenvalue weighted by atomic mass is 15.5. The normalized spacial score (nSPS) is 10.9. The second-order valence-electron chi connectivity index (χ2n) is 5.88. The van der Waals surface area contributed by atoms with Crippen molar-refractivity contribution in [3.63, 3.8) is 0 Å². The summed E-state index contributed by atoms with van der Waals surface area (Å²) in [5, 5.41) is 9.47. The van der Waals surface area contributed by atoms with Crippen LogP contribution in [0.4, 0.5) is 0 Å². The number of rotatable bonds is 6. The van der Waals surface area contributed by atoms with Gasteiger partial charge in [-0.1, -0.05) is 72.8 Å².